The average Bonchev–Trinajstić information content (AvgIpc) is 2.84. The van der Waals surface area contributed by atoms with Gasteiger partial charge in [0.05, 0.1) is 11.9 Å². The molecule has 2 N–H and O–H groups in total. The molecule has 2 aromatic rings. The van der Waals surface area contributed by atoms with Crippen LogP contribution in [0.1, 0.15) is 25.1 Å². The maximum Gasteiger partial charge on any atom is 0.132 e. The van der Waals surface area contributed by atoms with Gasteiger partial charge in [-0.15, -0.1) is 0 Å². The van der Waals surface area contributed by atoms with Gasteiger partial charge in [0.15, 0.2) is 0 Å². The molecule has 19 heavy (non-hydrogen) atoms. The van der Waals surface area contributed by atoms with Gasteiger partial charge in [0, 0.05) is 17.5 Å². The first-order valence-electron chi connectivity index (χ1n) is 6.70. The third-order valence-corrected chi connectivity index (χ3v) is 4.07. The summed E-state index contributed by atoms with van der Waals surface area (Å²) in [6, 6.07) is 6.79. The maximum atomic E-state index is 13.8. The Morgan fingerprint density at radius 1 is 1.37 bits per heavy atom. The first kappa shape index (κ1) is 12.4. The number of nitrogens with one attached hydrogen (secondary N) is 2. The standard InChI is InChI=1S/C15H18FN3/c1-17-10-15(7-4-8-15)14-18-9-13(19-14)11-5-2-3-6-12(11)16/h2-3,5-6,9,17H,4,7-8,10H2,1H3,(H,18,19). The van der Waals surface area contributed by atoms with Crippen LogP contribution in [-0.4, -0.2) is 23.6 Å². The second kappa shape index (κ2) is 4.78. The van der Waals surface area contributed by atoms with Crippen molar-refractivity contribution in [2.24, 2.45) is 0 Å². The van der Waals surface area contributed by atoms with E-state index in [-0.39, 0.29) is 11.2 Å². The quantitative estimate of drug-likeness (QED) is 0.886. The van der Waals surface area contributed by atoms with E-state index in [9.17, 15) is 4.39 Å². The van der Waals surface area contributed by atoms with Crippen molar-refractivity contribution in [1.82, 2.24) is 15.3 Å². The Hall–Kier alpha value is -1.68. The van der Waals surface area contributed by atoms with E-state index in [0.717, 1.165) is 30.9 Å². The Morgan fingerprint density at radius 3 is 2.79 bits per heavy atom. The highest BCUT2D eigenvalue weighted by atomic mass is 19.1. The van der Waals surface area contributed by atoms with Crippen LogP contribution >= 0.6 is 0 Å². The molecule has 4 heteroatoms. The van der Waals surface area contributed by atoms with Gasteiger partial charge < -0.3 is 10.3 Å². The smallest absolute Gasteiger partial charge is 0.132 e. The number of nitrogens with zero attached hydrogens (tertiary/aromatic N) is 1. The van der Waals surface area contributed by atoms with E-state index in [1.54, 1.807) is 18.3 Å². The first-order chi connectivity index (χ1) is 9.25. The van der Waals surface area contributed by atoms with Gasteiger partial charge in [-0.3, -0.25) is 0 Å². The lowest BCUT2D eigenvalue weighted by atomic mass is 9.68. The summed E-state index contributed by atoms with van der Waals surface area (Å²) in [6.45, 7) is 0.914. The van der Waals surface area contributed by atoms with Crippen molar-refractivity contribution in [2.45, 2.75) is 24.7 Å². The van der Waals surface area contributed by atoms with Gasteiger partial charge in [-0.1, -0.05) is 18.6 Å². The largest absolute Gasteiger partial charge is 0.341 e. The van der Waals surface area contributed by atoms with Crippen molar-refractivity contribution in [3.63, 3.8) is 0 Å². The number of halogens is 1. The Bertz CT molecular complexity index is 572. The normalized spacial score (nSPS) is 17.2. The number of H-pyrrole nitrogens is 1. The molecule has 1 fully saturated rings. The second-order valence-electron chi connectivity index (χ2n) is 5.29. The topological polar surface area (TPSA) is 40.7 Å². The number of aromatic nitrogens is 2. The second-order valence-corrected chi connectivity index (χ2v) is 5.29. The van der Waals surface area contributed by atoms with Gasteiger partial charge in [0.1, 0.15) is 11.6 Å². The molecule has 0 unspecified atom stereocenters. The van der Waals surface area contributed by atoms with E-state index < -0.39 is 0 Å². The predicted octanol–water partition coefficient (Wildman–Crippen LogP) is 2.86. The summed E-state index contributed by atoms with van der Waals surface area (Å²) in [5.74, 6) is 0.764. The highest BCUT2D eigenvalue weighted by Gasteiger charge is 2.40. The lowest BCUT2D eigenvalue weighted by Gasteiger charge is -2.40. The Kier molecular flexibility index (Phi) is 3.11. The van der Waals surface area contributed by atoms with Crippen LogP contribution in [0.3, 0.4) is 0 Å². The molecule has 1 aromatic heterocycles. The van der Waals surface area contributed by atoms with Crippen LogP contribution in [0.5, 0.6) is 0 Å². The highest BCUT2D eigenvalue weighted by molar-refractivity contribution is 5.59. The van der Waals surface area contributed by atoms with Crippen molar-refractivity contribution in [3.8, 4) is 11.3 Å². The lowest BCUT2D eigenvalue weighted by Crippen LogP contribution is -2.43. The summed E-state index contributed by atoms with van der Waals surface area (Å²) in [7, 11) is 1.96. The van der Waals surface area contributed by atoms with Gasteiger partial charge in [-0.05, 0) is 32.0 Å². The minimum absolute atomic E-state index is 0.109. The minimum Gasteiger partial charge on any atom is -0.341 e. The van der Waals surface area contributed by atoms with Crippen molar-refractivity contribution in [3.05, 3.63) is 42.1 Å². The number of hydrogen-bond acceptors (Lipinski definition) is 2. The molecule has 1 saturated carbocycles. The fourth-order valence-corrected chi connectivity index (χ4v) is 2.85. The molecule has 0 atom stereocenters. The van der Waals surface area contributed by atoms with Gasteiger partial charge in [-0.25, -0.2) is 9.37 Å². The Labute approximate surface area is 112 Å². The number of rotatable bonds is 4. The summed E-state index contributed by atoms with van der Waals surface area (Å²) in [5, 5.41) is 3.24. The lowest BCUT2D eigenvalue weighted by molar-refractivity contribution is 0.226. The molecular weight excluding hydrogens is 241 g/mol. The zero-order valence-electron chi connectivity index (χ0n) is 11.0. The van der Waals surface area contributed by atoms with Crippen LogP contribution in [-0.2, 0) is 5.41 Å². The Morgan fingerprint density at radius 2 is 2.16 bits per heavy atom. The van der Waals surface area contributed by atoms with E-state index in [1.807, 2.05) is 13.1 Å². The van der Waals surface area contributed by atoms with Crippen LogP contribution in [0.4, 0.5) is 4.39 Å². The molecule has 0 amide bonds. The van der Waals surface area contributed by atoms with Gasteiger partial charge in [0.25, 0.3) is 0 Å². The predicted molar refractivity (Wildman–Crippen MR) is 73.4 cm³/mol. The molecule has 1 aliphatic carbocycles. The number of hydrogen-bond donors (Lipinski definition) is 2. The molecule has 0 aliphatic heterocycles. The highest BCUT2D eigenvalue weighted by Crippen LogP contribution is 2.42. The van der Waals surface area contributed by atoms with Crippen LogP contribution in [0.15, 0.2) is 30.5 Å². The SMILES string of the molecule is CNCC1(c2ncc(-c3ccccc3F)[nH]2)CCC1. The summed E-state index contributed by atoms with van der Waals surface area (Å²) < 4.78 is 13.8. The fourth-order valence-electron chi connectivity index (χ4n) is 2.85. The van der Waals surface area contributed by atoms with E-state index >= 15 is 0 Å². The van der Waals surface area contributed by atoms with Crippen molar-refractivity contribution < 1.29 is 4.39 Å². The van der Waals surface area contributed by atoms with Crippen molar-refractivity contribution in [1.29, 1.82) is 0 Å². The summed E-state index contributed by atoms with van der Waals surface area (Å²) in [5.41, 5.74) is 1.45. The van der Waals surface area contributed by atoms with Crippen molar-refractivity contribution in [2.75, 3.05) is 13.6 Å². The zero-order valence-corrected chi connectivity index (χ0v) is 11.0. The number of imidazole rings is 1. The molecule has 3 rings (SSSR count). The van der Waals surface area contributed by atoms with Gasteiger partial charge in [0.2, 0.25) is 0 Å². The van der Waals surface area contributed by atoms with Crippen molar-refractivity contribution >= 4 is 0 Å². The fraction of sp³-hybridized carbons (Fsp3) is 0.400. The molecule has 0 radical (unpaired) electrons. The molecule has 3 nitrogen and oxygen atoms in total. The monoisotopic (exact) mass is 259 g/mol. The summed E-state index contributed by atoms with van der Waals surface area (Å²) in [6.07, 6.45) is 5.25. The molecule has 0 bridgehead atoms. The molecular formula is C15H18FN3. The maximum absolute atomic E-state index is 13.8. The third-order valence-electron chi connectivity index (χ3n) is 4.07. The molecule has 1 heterocycles. The van der Waals surface area contributed by atoms with Gasteiger partial charge >= 0.3 is 0 Å². The third kappa shape index (κ3) is 2.06. The van der Waals surface area contributed by atoms with E-state index in [1.165, 1.54) is 12.5 Å². The average molecular weight is 259 g/mol. The van der Waals surface area contributed by atoms with Crippen LogP contribution in [0, 0.1) is 5.82 Å². The molecule has 0 spiro atoms. The van der Waals surface area contributed by atoms with Crippen LogP contribution in [0.2, 0.25) is 0 Å². The molecule has 0 saturated heterocycles. The van der Waals surface area contributed by atoms with E-state index in [0.29, 0.717) is 5.56 Å². The first-order valence-corrected chi connectivity index (χ1v) is 6.70. The summed E-state index contributed by atoms with van der Waals surface area (Å²) in [4.78, 5) is 7.79. The summed E-state index contributed by atoms with van der Waals surface area (Å²) >= 11 is 0. The zero-order chi connectivity index (χ0) is 13.3. The number of likely N-dealkylation sites (N-methyl/N-ethyl adjacent to an activating group) is 1. The number of aromatic amines is 1. The van der Waals surface area contributed by atoms with E-state index in [2.05, 4.69) is 15.3 Å². The minimum atomic E-state index is -0.214. The van der Waals surface area contributed by atoms with E-state index in [4.69, 9.17) is 0 Å². The molecule has 1 aromatic carbocycles. The molecule has 1 aliphatic rings. The van der Waals surface area contributed by atoms with Crippen LogP contribution < -0.4 is 5.32 Å². The van der Waals surface area contributed by atoms with Gasteiger partial charge in [-0.2, -0.15) is 0 Å². The number of benzene rings is 1. The molecule has 100 valence electrons. The Balaban J connectivity index is 1.93. The van der Waals surface area contributed by atoms with Crippen LogP contribution in [0.25, 0.3) is 11.3 Å².